The summed E-state index contributed by atoms with van der Waals surface area (Å²) < 4.78 is 24.0. The first-order valence-corrected chi connectivity index (χ1v) is 7.63. The average molecular weight is 264 g/mol. The molecule has 1 saturated heterocycles. The van der Waals surface area contributed by atoms with Gasteiger partial charge in [0.05, 0.1) is 6.26 Å². The Hall–Kier alpha value is -0.660. The van der Waals surface area contributed by atoms with Crippen LogP contribution in [-0.4, -0.2) is 55.2 Å². The summed E-state index contributed by atoms with van der Waals surface area (Å²) >= 11 is 0. The lowest BCUT2D eigenvalue weighted by Gasteiger charge is -2.32. The zero-order valence-corrected chi connectivity index (χ0v) is 11.0. The summed E-state index contributed by atoms with van der Waals surface area (Å²) in [7, 11) is -3.11. The second kappa shape index (κ2) is 5.79. The molecule has 0 aromatic rings. The van der Waals surface area contributed by atoms with Crippen molar-refractivity contribution in [3.8, 4) is 0 Å². The molecule has 0 bridgehead atoms. The molecular weight excluding hydrogens is 244 g/mol. The Morgan fingerprint density at radius 1 is 1.47 bits per heavy atom. The minimum absolute atomic E-state index is 0.0917. The molecule has 0 radical (unpaired) electrons. The fraction of sp³-hybridized carbons (Fsp3) is 0.900. The van der Waals surface area contributed by atoms with Gasteiger partial charge in [0, 0.05) is 19.1 Å². The number of hydrogen-bond donors (Lipinski definition) is 2. The van der Waals surface area contributed by atoms with Gasteiger partial charge < -0.3 is 10.4 Å². The standard InChI is InChI=1S/C10H20N2O4S/c1-3-9(10(13)14)11-8-4-6-12(7-5-8)17(2,15)16/h8-9,11H,3-7H2,1-2H3,(H,13,14). The van der Waals surface area contributed by atoms with Crippen LogP contribution >= 0.6 is 0 Å². The third-order valence-electron chi connectivity index (χ3n) is 3.07. The molecule has 1 fully saturated rings. The van der Waals surface area contributed by atoms with Crippen molar-refractivity contribution in [2.75, 3.05) is 19.3 Å². The molecule has 0 spiro atoms. The summed E-state index contributed by atoms with van der Waals surface area (Å²) in [5.41, 5.74) is 0. The number of nitrogens with one attached hydrogen (secondary N) is 1. The molecule has 1 aliphatic rings. The van der Waals surface area contributed by atoms with Crippen molar-refractivity contribution < 1.29 is 18.3 Å². The number of nitrogens with zero attached hydrogens (tertiary/aromatic N) is 1. The van der Waals surface area contributed by atoms with E-state index in [4.69, 9.17) is 5.11 Å². The molecule has 0 aromatic carbocycles. The van der Waals surface area contributed by atoms with Crippen LogP contribution in [0.15, 0.2) is 0 Å². The molecular formula is C10H20N2O4S. The van der Waals surface area contributed by atoms with Crippen LogP contribution in [0.5, 0.6) is 0 Å². The number of aliphatic carboxylic acids is 1. The first kappa shape index (κ1) is 14.4. The van der Waals surface area contributed by atoms with Crippen molar-refractivity contribution in [3.63, 3.8) is 0 Å². The van der Waals surface area contributed by atoms with Crippen LogP contribution in [0.4, 0.5) is 0 Å². The maximum absolute atomic E-state index is 11.3. The topological polar surface area (TPSA) is 86.7 Å². The minimum Gasteiger partial charge on any atom is -0.480 e. The van der Waals surface area contributed by atoms with Crippen LogP contribution in [0.2, 0.25) is 0 Å². The average Bonchev–Trinajstić information content (AvgIpc) is 2.25. The van der Waals surface area contributed by atoms with E-state index in [0.717, 1.165) is 0 Å². The van der Waals surface area contributed by atoms with Crippen LogP contribution in [0.3, 0.4) is 0 Å². The Bertz CT molecular complexity index is 361. The molecule has 0 saturated carbocycles. The molecule has 1 atom stereocenters. The number of rotatable bonds is 5. The van der Waals surface area contributed by atoms with E-state index >= 15 is 0 Å². The van der Waals surface area contributed by atoms with Crippen molar-refractivity contribution in [2.45, 2.75) is 38.3 Å². The van der Waals surface area contributed by atoms with Gasteiger partial charge in [-0.15, -0.1) is 0 Å². The van der Waals surface area contributed by atoms with Crippen LogP contribution in [-0.2, 0) is 14.8 Å². The zero-order valence-electron chi connectivity index (χ0n) is 10.2. The second-order valence-electron chi connectivity index (χ2n) is 4.40. The van der Waals surface area contributed by atoms with Gasteiger partial charge in [-0.1, -0.05) is 6.92 Å². The van der Waals surface area contributed by atoms with E-state index in [9.17, 15) is 13.2 Å². The molecule has 100 valence electrons. The highest BCUT2D eigenvalue weighted by atomic mass is 32.2. The van der Waals surface area contributed by atoms with Crippen LogP contribution in [0.1, 0.15) is 26.2 Å². The Kier molecular flexibility index (Phi) is 4.91. The van der Waals surface area contributed by atoms with Crippen molar-refractivity contribution in [1.82, 2.24) is 9.62 Å². The van der Waals surface area contributed by atoms with Gasteiger partial charge in [-0.25, -0.2) is 12.7 Å². The van der Waals surface area contributed by atoms with Gasteiger partial charge in [0.15, 0.2) is 0 Å². The molecule has 7 heteroatoms. The fourth-order valence-electron chi connectivity index (χ4n) is 2.00. The first-order chi connectivity index (χ1) is 7.84. The Morgan fingerprint density at radius 2 is 2.00 bits per heavy atom. The summed E-state index contributed by atoms with van der Waals surface area (Å²) in [6.45, 7) is 2.75. The second-order valence-corrected chi connectivity index (χ2v) is 6.38. The first-order valence-electron chi connectivity index (χ1n) is 5.78. The van der Waals surface area contributed by atoms with Gasteiger partial charge in [0.1, 0.15) is 6.04 Å². The van der Waals surface area contributed by atoms with Gasteiger partial charge in [0.25, 0.3) is 0 Å². The quantitative estimate of drug-likeness (QED) is 0.722. The number of carboxylic acids is 1. The van der Waals surface area contributed by atoms with Gasteiger partial charge in [-0.05, 0) is 19.3 Å². The maximum atomic E-state index is 11.3. The summed E-state index contributed by atoms with van der Waals surface area (Å²) in [4.78, 5) is 10.9. The molecule has 1 heterocycles. The minimum atomic E-state index is -3.11. The van der Waals surface area contributed by atoms with E-state index in [2.05, 4.69) is 5.32 Å². The number of carboxylic acid groups (broad SMARTS) is 1. The summed E-state index contributed by atoms with van der Waals surface area (Å²) in [5, 5.41) is 12.0. The highest BCUT2D eigenvalue weighted by Crippen LogP contribution is 2.14. The monoisotopic (exact) mass is 264 g/mol. The number of sulfonamides is 1. The highest BCUT2D eigenvalue weighted by molar-refractivity contribution is 7.88. The Balaban J connectivity index is 2.45. The predicted octanol–water partition coefficient (Wildman–Crippen LogP) is -0.137. The van der Waals surface area contributed by atoms with Gasteiger partial charge in [0.2, 0.25) is 10.0 Å². The van der Waals surface area contributed by atoms with E-state index in [1.807, 2.05) is 6.92 Å². The third kappa shape index (κ3) is 4.25. The Labute approximate surface area is 102 Å². The van der Waals surface area contributed by atoms with Gasteiger partial charge in [-0.2, -0.15) is 0 Å². The van der Waals surface area contributed by atoms with Crippen LogP contribution in [0, 0.1) is 0 Å². The molecule has 17 heavy (non-hydrogen) atoms. The van der Waals surface area contributed by atoms with Crippen LogP contribution < -0.4 is 5.32 Å². The molecule has 0 aliphatic carbocycles. The predicted molar refractivity (Wildman–Crippen MR) is 64.3 cm³/mol. The Morgan fingerprint density at radius 3 is 2.35 bits per heavy atom. The lowest BCUT2D eigenvalue weighted by Crippen LogP contribution is -2.49. The summed E-state index contributed by atoms with van der Waals surface area (Å²) in [6.07, 6.45) is 3.06. The maximum Gasteiger partial charge on any atom is 0.320 e. The van der Waals surface area contributed by atoms with Gasteiger partial charge in [-0.3, -0.25) is 4.79 Å². The van der Waals surface area contributed by atoms with E-state index in [1.165, 1.54) is 10.6 Å². The zero-order chi connectivity index (χ0) is 13.1. The third-order valence-corrected chi connectivity index (χ3v) is 4.37. The molecule has 0 amide bonds. The summed E-state index contributed by atoms with van der Waals surface area (Å²) in [6, 6.07) is -0.446. The SMILES string of the molecule is CCC(NC1CCN(S(C)(=O)=O)CC1)C(=O)O. The highest BCUT2D eigenvalue weighted by Gasteiger charge is 2.27. The lowest BCUT2D eigenvalue weighted by atomic mass is 10.0. The van der Waals surface area contributed by atoms with E-state index in [0.29, 0.717) is 32.4 Å². The lowest BCUT2D eigenvalue weighted by molar-refractivity contribution is -0.139. The summed E-state index contributed by atoms with van der Waals surface area (Å²) in [5.74, 6) is -0.849. The van der Waals surface area contributed by atoms with E-state index in [1.54, 1.807) is 0 Å². The molecule has 6 nitrogen and oxygen atoms in total. The largest absolute Gasteiger partial charge is 0.480 e. The van der Waals surface area contributed by atoms with E-state index in [-0.39, 0.29) is 6.04 Å². The van der Waals surface area contributed by atoms with Crippen LogP contribution in [0.25, 0.3) is 0 Å². The molecule has 1 aliphatic heterocycles. The number of hydrogen-bond acceptors (Lipinski definition) is 4. The van der Waals surface area contributed by atoms with E-state index < -0.39 is 22.0 Å². The molecule has 1 rings (SSSR count). The fourth-order valence-corrected chi connectivity index (χ4v) is 2.88. The molecule has 1 unspecified atom stereocenters. The number of piperidine rings is 1. The van der Waals surface area contributed by atoms with Crippen molar-refractivity contribution in [3.05, 3.63) is 0 Å². The van der Waals surface area contributed by atoms with Gasteiger partial charge >= 0.3 is 5.97 Å². The molecule has 0 aromatic heterocycles. The van der Waals surface area contributed by atoms with Crippen molar-refractivity contribution in [1.29, 1.82) is 0 Å². The number of carbonyl (C=O) groups is 1. The van der Waals surface area contributed by atoms with Crippen molar-refractivity contribution >= 4 is 16.0 Å². The normalized spacial score (nSPS) is 21.3. The van der Waals surface area contributed by atoms with Crippen molar-refractivity contribution in [2.24, 2.45) is 0 Å². The molecule has 2 N–H and O–H groups in total. The smallest absolute Gasteiger partial charge is 0.320 e.